The summed E-state index contributed by atoms with van der Waals surface area (Å²) in [5, 5.41) is 3.32. The first-order valence-corrected chi connectivity index (χ1v) is 5.57. The van der Waals surface area contributed by atoms with Gasteiger partial charge in [0.25, 0.3) is 0 Å². The lowest BCUT2D eigenvalue weighted by atomic mass is 10.1. The van der Waals surface area contributed by atoms with Crippen molar-refractivity contribution < 1.29 is 4.74 Å². The van der Waals surface area contributed by atoms with E-state index in [1.165, 1.54) is 10.0 Å². The lowest BCUT2D eigenvalue weighted by molar-refractivity contribution is 0.199. The van der Waals surface area contributed by atoms with E-state index >= 15 is 0 Å². The van der Waals surface area contributed by atoms with Gasteiger partial charge in [-0.1, -0.05) is 34.1 Å². The quantitative estimate of drug-likeness (QED) is 0.790. The van der Waals surface area contributed by atoms with Crippen molar-refractivity contribution in [3.8, 4) is 0 Å². The van der Waals surface area contributed by atoms with Gasteiger partial charge in [-0.3, -0.25) is 0 Å². The highest BCUT2D eigenvalue weighted by Crippen LogP contribution is 2.15. The molecule has 3 heteroatoms. The molecule has 0 fully saturated rings. The van der Waals surface area contributed by atoms with E-state index in [1.54, 1.807) is 7.11 Å². The first kappa shape index (κ1) is 11.7. The van der Waals surface area contributed by atoms with Crippen LogP contribution in [0.25, 0.3) is 0 Å². The Labute approximate surface area is 93.8 Å². The van der Waals surface area contributed by atoms with Gasteiger partial charge in [0.15, 0.2) is 0 Å². The molecule has 0 heterocycles. The molecular weight excluding hydrogens is 242 g/mol. The maximum Gasteiger partial charge on any atom is 0.0587 e. The van der Waals surface area contributed by atoms with Crippen LogP contribution in [-0.2, 0) is 11.2 Å². The van der Waals surface area contributed by atoms with Gasteiger partial charge in [-0.2, -0.15) is 0 Å². The van der Waals surface area contributed by atoms with Crippen molar-refractivity contribution in [2.75, 3.05) is 26.8 Å². The molecule has 1 aromatic carbocycles. The van der Waals surface area contributed by atoms with Crippen LogP contribution in [-0.4, -0.2) is 26.8 Å². The first-order valence-electron chi connectivity index (χ1n) is 4.77. The number of ether oxygens (including phenoxy) is 1. The van der Waals surface area contributed by atoms with E-state index in [-0.39, 0.29) is 0 Å². The third kappa shape index (κ3) is 4.22. The molecule has 0 bridgehead atoms. The van der Waals surface area contributed by atoms with Crippen LogP contribution < -0.4 is 5.32 Å². The minimum atomic E-state index is 0.774. The highest BCUT2D eigenvalue weighted by molar-refractivity contribution is 9.10. The second kappa shape index (κ2) is 6.98. The van der Waals surface area contributed by atoms with E-state index in [4.69, 9.17) is 4.74 Å². The molecule has 0 atom stereocenters. The molecule has 78 valence electrons. The number of nitrogens with one attached hydrogen (secondary N) is 1. The molecule has 0 aliphatic heterocycles. The summed E-state index contributed by atoms with van der Waals surface area (Å²) in [6, 6.07) is 8.31. The molecule has 0 aliphatic carbocycles. The Kier molecular flexibility index (Phi) is 5.83. The first-order chi connectivity index (χ1) is 6.84. The second-order valence-electron chi connectivity index (χ2n) is 3.08. The van der Waals surface area contributed by atoms with Crippen LogP contribution in [0.1, 0.15) is 5.56 Å². The van der Waals surface area contributed by atoms with Crippen molar-refractivity contribution in [2.45, 2.75) is 6.42 Å². The molecule has 0 amide bonds. The number of hydrogen-bond donors (Lipinski definition) is 1. The summed E-state index contributed by atoms with van der Waals surface area (Å²) in [4.78, 5) is 0. The van der Waals surface area contributed by atoms with Crippen LogP contribution >= 0.6 is 15.9 Å². The normalized spacial score (nSPS) is 10.4. The standard InChI is InChI=1S/C11H16BrNO/c1-14-9-8-13-7-6-10-4-2-3-5-11(10)12/h2-5,13H,6-9H2,1H3. The molecule has 0 radical (unpaired) electrons. The van der Waals surface area contributed by atoms with Crippen LogP contribution in [0.15, 0.2) is 28.7 Å². The largest absolute Gasteiger partial charge is 0.383 e. The van der Waals surface area contributed by atoms with Gasteiger partial charge in [-0.15, -0.1) is 0 Å². The van der Waals surface area contributed by atoms with Gasteiger partial charge in [0, 0.05) is 18.1 Å². The maximum atomic E-state index is 4.95. The summed E-state index contributed by atoms with van der Waals surface area (Å²) in [6.45, 7) is 2.68. The predicted octanol–water partition coefficient (Wildman–Crippen LogP) is 2.23. The molecule has 0 aromatic heterocycles. The molecule has 14 heavy (non-hydrogen) atoms. The molecule has 0 spiro atoms. The van der Waals surface area contributed by atoms with E-state index in [0.717, 1.165) is 26.1 Å². The number of hydrogen-bond acceptors (Lipinski definition) is 2. The summed E-state index contributed by atoms with van der Waals surface area (Å²) in [5.41, 5.74) is 1.34. The zero-order chi connectivity index (χ0) is 10.2. The van der Waals surface area contributed by atoms with Gasteiger partial charge in [-0.05, 0) is 24.6 Å². The van der Waals surface area contributed by atoms with E-state index < -0.39 is 0 Å². The van der Waals surface area contributed by atoms with Gasteiger partial charge in [0.2, 0.25) is 0 Å². The monoisotopic (exact) mass is 257 g/mol. The zero-order valence-electron chi connectivity index (χ0n) is 8.42. The number of methoxy groups -OCH3 is 1. The minimum Gasteiger partial charge on any atom is -0.383 e. The highest BCUT2D eigenvalue weighted by Gasteiger charge is 1.96. The van der Waals surface area contributed by atoms with Crippen molar-refractivity contribution in [2.24, 2.45) is 0 Å². The van der Waals surface area contributed by atoms with Crippen molar-refractivity contribution in [1.29, 1.82) is 0 Å². The van der Waals surface area contributed by atoms with E-state index in [1.807, 2.05) is 6.07 Å². The molecular formula is C11H16BrNO. The van der Waals surface area contributed by atoms with Gasteiger partial charge < -0.3 is 10.1 Å². The average Bonchev–Trinajstić information content (AvgIpc) is 2.20. The Morgan fingerprint density at radius 2 is 2.07 bits per heavy atom. The number of halogens is 1. The predicted molar refractivity (Wildman–Crippen MR) is 62.6 cm³/mol. The summed E-state index contributed by atoms with van der Waals surface area (Å²) in [7, 11) is 1.72. The fraction of sp³-hybridized carbons (Fsp3) is 0.455. The van der Waals surface area contributed by atoms with Gasteiger partial charge in [-0.25, -0.2) is 0 Å². The second-order valence-corrected chi connectivity index (χ2v) is 3.94. The van der Waals surface area contributed by atoms with Gasteiger partial charge >= 0.3 is 0 Å². The van der Waals surface area contributed by atoms with E-state index in [2.05, 4.69) is 39.4 Å². The Morgan fingerprint density at radius 1 is 1.29 bits per heavy atom. The van der Waals surface area contributed by atoms with Gasteiger partial charge in [0.05, 0.1) is 6.61 Å². The third-order valence-electron chi connectivity index (χ3n) is 2.01. The SMILES string of the molecule is COCCNCCc1ccccc1Br. The third-order valence-corrected chi connectivity index (χ3v) is 2.79. The molecule has 0 aliphatic rings. The molecule has 1 N–H and O–H groups in total. The van der Waals surface area contributed by atoms with Crippen LogP contribution in [0.3, 0.4) is 0 Å². The van der Waals surface area contributed by atoms with E-state index in [9.17, 15) is 0 Å². The van der Waals surface area contributed by atoms with Crippen LogP contribution in [0.4, 0.5) is 0 Å². The Morgan fingerprint density at radius 3 is 2.79 bits per heavy atom. The fourth-order valence-corrected chi connectivity index (χ4v) is 1.71. The molecule has 0 saturated carbocycles. The maximum absolute atomic E-state index is 4.95. The Bertz CT molecular complexity index is 265. The van der Waals surface area contributed by atoms with Crippen molar-refractivity contribution in [3.05, 3.63) is 34.3 Å². The lowest BCUT2D eigenvalue weighted by Crippen LogP contribution is -2.21. The molecule has 0 unspecified atom stereocenters. The summed E-state index contributed by atoms with van der Waals surface area (Å²) in [6.07, 6.45) is 1.05. The molecule has 2 nitrogen and oxygen atoms in total. The molecule has 1 rings (SSSR count). The van der Waals surface area contributed by atoms with Crippen molar-refractivity contribution >= 4 is 15.9 Å². The Hall–Kier alpha value is -0.380. The van der Waals surface area contributed by atoms with Crippen LogP contribution in [0.2, 0.25) is 0 Å². The summed E-state index contributed by atoms with van der Waals surface area (Å²) in [5.74, 6) is 0. The average molecular weight is 258 g/mol. The zero-order valence-corrected chi connectivity index (χ0v) is 10.0. The topological polar surface area (TPSA) is 21.3 Å². The smallest absolute Gasteiger partial charge is 0.0587 e. The van der Waals surface area contributed by atoms with Gasteiger partial charge in [0.1, 0.15) is 0 Å². The highest BCUT2D eigenvalue weighted by atomic mass is 79.9. The van der Waals surface area contributed by atoms with E-state index in [0.29, 0.717) is 0 Å². The lowest BCUT2D eigenvalue weighted by Gasteiger charge is -2.05. The van der Waals surface area contributed by atoms with Crippen LogP contribution in [0, 0.1) is 0 Å². The fourth-order valence-electron chi connectivity index (χ4n) is 1.22. The Balaban J connectivity index is 2.21. The summed E-state index contributed by atoms with van der Waals surface area (Å²) >= 11 is 3.53. The number of benzene rings is 1. The summed E-state index contributed by atoms with van der Waals surface area (Å²) < 4.78 is 6.13. The van der Waals surface area contributed by atoms with Crippen molar-refractivity contribution in [3.63, 3.8) is 0 Å². The number of rotatable bonds is 6. The van der Waals surface area contributed by atoms with Crippen molar-refractivity contribution in [1.82, 2.24) is 5.32 Å². The molecule has 0 saturated heterocycles. The van der Waals surface area contributed by atoms with Crippen LogP contribution in [0.5, 0.6) is 0 Å². The minimum absolute atomic E-state index is 0.774. The molecule has 1 aromatic rings.